The third-order valence-electron chi connectivity index (χ3n) is 3.99. The highest BCUT2D eigenvalue weighted by Crippen LogP contribution is 2.15. The minimum atomic E-state index is 0.367. The van der Waals surface area contributed by atoms with Crippen molar-refractivity contribution >= 4 is 0 Å². The van der Waals surface area contributed by atoms with Gasteiger partial charge in [-0.3, -0.25) is 0 Å². The van der Waals surface area contributed by atoms with Crippen LogP contribution in [-0.2, 0) is 4.74 Å². The molecule has 4 nitrogen and oxygen atoms in total. The van der Waals surface area contributed by atoms with E-state index in [4.69, 9.17) is 9.84 Å². The third kappa shape index (κ3) is 4.54. The average Bonchev–Trinajstić information content (AvgIpc) is 2.41. The van der Waals surface area contributed by atoms with E-state index in [1.165, 1.54) is 12.8 Å². The highest BCUT2D eigenvalue weighted by Gasteiger charge is 2.18. The zero-order chi connectivity index (χ0) is 11.9. The van der Waals surface area contributed by atoms with Crippen molar-refractivity contribution in [2.24, 2.45) is 5.92 Å². The van der Waals surface area contributed by atoms with Gasteiger partial charge in [0.15, 0.2) is 0 Å². The minimum Gasteiger partial charge on any atom is -0.396 e. The van der Waals surface area contributed by atoms with Gasteiger partial charge in [0.2, 0.25) is 0 Å². The topological polar surface area (TPSA) is 44.7 Å². The first kappa shape index (κ1) is 13.3. The molecule has 2 saturated heterocycles. The number of nitrogens with one attached hydrogen (secondary N) is 1. The lowest BCUT2D eigenvalue weighted by Gasteiger charge is -2.32. The molecular weight excluding hydrogens is 216 g/mol. The summed E-state index contributed by atoms with van der Waals surface area (Å²) in [6.07, 6.45) is 4.76. The summed E-state index contributed by atoms with van der Waals surface area (Å²) in [4.78, 5) is 2.50. The average molecular weight is 242 g/mol. The molecule has 100 valence electrons. The van der Waals surface area contributed by atoms with Gasteiger partial charge in [-0.1, -0.05) is 0 Å². The van der Waals surface area contributed by atoms with Gasteiger partial charge in [-0.25, -0.2) is 0 Å². The van der Waals surface area contributed by atoms with E-state index in [0.29, 0.717) is 18.6 Å². The molecule has 0 spiro atoms. The van der Waals surface area contributed by atoms with Crippen LogP contribution >= 0.6 is 0 Å². The Bertz CT molecular complexity index is 200. The quantitative estimate of drug-likeness (QED) is 0.735. The van der Waals surface area contributed by atoms with Crippen LogP contribution in [0.3, 0.4) is 0 Å². The van der Waals surface area contributed by atoms with E-state index in [-0.39, 0.29) is 0 Å². The standard InChI is InChI=1S/C13H26N2O2/c16-10-12-3-6-15(7-4-12)8-5-14-13-2-1-9-17-11-13/h12-14,16H,1-11H2. The predicted octanol–water partition coefficient (Wildman–Crippen LogP) is 0.459. The van der Waals surface area contributed by atoms with Crippen LogP contribution in [0.1, 0.15) is 25.7 Å². The highest BCUT2D eigenvalue weighted by atomic mass is 16.5. The van der Waals surface area contributed by atoms with E-state index >= 15 is 0 Å². The summed E-state index contributed by atoms with van der Waals surface area (Å²) in [7, 11) is 0. The Balaban J connectivity index is 1.53. The molecule has 0 radical (unpaired) electrons. The second kappa shape index (κ2) is 7.31. The number of aliphatic hydroxyl groups is 1. The van der Waals surface area contributed by atoms with Crippen molar-refractivity contribution < 1.29 is 9.84 Å². The second-order valence-electron chi connectivity index (χ2n) is 5.34. The van der Waals surface area contributed by atoms with Crippen LogP contribution in [0.25, 0.3) is 0 Å². The van der Waals surface area contributed by atoms with E-state index in [0.717, 1.165) is 52.2 Å². The monoisotopic (exact) mass is 242 g/mol. The molecule has 0 amide bonds. The van der Waals surface area contributed by atoms with E-state index in [9.17, 15) is 0 Å². The van der Waals surface area contributed by atoms with Crippen molar-refractivity contribution in [2.45, 2.75) is 31.7 Å². The smallest absolute Gasteiger partial charge is 0.0619 e. The van der Waals surface area contributed by atoms with Crippen LogP contribution in [-0.4, -0.2) is 62.0 Å². The van der Waals surface area contributed by atoms with E-state index in [1.807, 2.05) is 0 Å². The highest BCUT2D eigenvalue weighted by molar-refractivity contribution is 4.74. The molecule has 2 heterocycles. The first-order valence-electron chi connectivity index (χ1n) is 7.03. The molecule has 2 aliphatic rings. The first-order chi connectivity index (χ1) is 8.38. The summed E-state index contributed by atoms with van der Waals surface area (Å²) in [6.45, 7) is 6.68. The van der Waals surface area contributed by atoms with Crippen molar-refractivity contribution in [1.29, 1.82) is 0 Å². The SMILES string of the molecule is OCC1CCN(CCNC2CCCOC2)CC1. The lowest BCUT2D eigenvalue weighted by molar-refractivity contribution is 0.0683. The Morgan fingerprint density at radius 1 is 1.24 bits per heavy atom. The number of rotatable bonds is 5. The Morgan fingerprint density at radius 3 is 2.71 bits per heavy atom. The summed E-state index contributed by atoms with van der Waals surface area (Å²) in [5.74, 6) is 0.547. The van der Waals surface area contributed by atoms with Crippen LogP contribution in [0.4, 0.5) is 0 Å². The first-order valence-corrected chi connectivity index (χ1v) is 7.03. The molecule has 4 heteroatoms. The van der Waals surface area contributed by atoms with Gasteiger partial charge >= 0.3 is 0 Å². The molecule has 2 aliphatic heterocycles. The normalized spacial score (nSPS) is 28.4. The maximum atomic E-state index is 9.08. The van der Waals surface area contributed by atoms with Crippen molar-refractivity contribution in [1.82, 2.24) is 10.2 Å². The molecule has 2 rings (SSSR count). The number of nitrogens with zero attached hydrogens (tertiary/aromatic N) is 1. The van der Waals surface area contributed by atoms with Gasteiger partial charge in [0, 0.05) is 32.3 Å². The lowest BCUT2D eigenvalue weighted by atomic mass is 9.98. The molecule has 1 unspecified atom stereocenters. The van der Waals surface area contributed by atoms with Crippen molar-refractivity contribution in [3.05, 3.63) is 0 Å². The molecule has 0 aliphatic carbocycles. The molecular formula is C13H26N2O2. The molecule has 0 aromatic heterocycles. The molecule has 0 saturated carbocycles. The number of hydrogen-bond acceptors (Lipinski definition) is 4. The van der Waals surface area contributed by atoms with Gasteiger partial charge in [-0.05, 0) is 44.7 Å². The minimum absolute atomic E-state index is 0.367. The van der Waals surface area contributed by atoms with Gasteiger partial charge in [0.25, 0.3) is 0 Å². The molecule has 0 bridgehead atoms. The zero-order valence-electron chi connectivity index (χ0n) is 10.7. The molecule has 17 heavy (non-hydrogen) atoms. The fourth-order valence-electron chi connectivity index (χ4n) is 2.72. The van der Waals surface area contributed by atoms with Gasteiger partial charge in [0.1, 0.15) is 0 Å². The predicted molar refractivity (Wildman–Crippen MR) is 68.1 cm³/mol. The van der Waals surface area contributed by atoms with E-state index in [2.05, 4.69) is 10.2 Å². The maximum absolute atomic E-state index is 9.08. The zero-order valence-corrected chi connectivity index (χ0v) is 10.7. The lowest BCUT2D eigenvalue weighted by Crippen LogP contribution is -2.43. The summed E-state index contributed by atoms with van der Waals surface area (Å²) in [5.41, 5.74) is 0. The van der Waals surface area contributed by atoms with Crippen molar-refractivity contribution in [3.8, 4) is 0 Å². The summed E-state index contributed by atoms with van der Waals surface area (Å²) >= 11 is 0. The fraction of sp³-hybridized carbons (Fsp3) is 1.00. The van der Waals surface area contributed by atoms with E-state index < -0.39 is 0 Å². The Kier molecular flexibility index (Phi) is 5.71. The number of piperidine rings is 1. The van der Waals surface area contributed by atoms with Gasteiger partial charge in [-0.2, -0.15) is 0 Å². The van der Waals surface area contributed by atoms with Gasteiger partial charge < -0.3 is 20.1 Å². The summed E-state index contributed by atoms with van der Waals surface area (Å²) < 4.78 is 5.45. The van der Waals surface area contributed by atoms with Gasteiger partial charge in [-0.15, -0.1) is 0 Å². The van der Waals surface area contributed by atoms with Crippen LogP contribution < -0.4 is 5.32 Å². The largest absolute Gasteiger partial charge is 0.396 e. The van der Waals surface area contributed by atoms with Crippen LogP contribution in [0.2, 0.25) is 0 Å². The van der Waals surface area contributed by atoms with Crippen LogP contribution in [0.5, 0.6) is 0 Å². The Hall–Kier alpha value is -0.160. The second-order valence-corrected chi connectivity index (χ2v) is 5.34. The molecule has 2 fully saturated rings. The third-order valence-corrected chi connectivity index (χ3v) is 3.99. The van der Waals surface area contributed by atoms with Crippen molar-refractivity contribution in [2.75, 3.05) is 46.0 Å². The molecule has 2 N–H and O–H groups in total. The fourth-order valence-corrected chi connectivity index (χ4v) is 2.72. The van der Waals surface area contributed by atoms with Crippen LogP contribution in [0.15, 0.2) is 0 Å². The Labute approximate surface area is 104 Å². The molecule has 0 aromatic rings. The number of aliphatic hydroxyl groups excluding tert-OH is 1. The summed E-state index contributed by atoms with van der Waals surface area (Å²) in [5, 5.41) is 12.7. The van der Waals surface area contributed by atoms with Gasteiger partial charge in [0.05, 0.1) is 6.61 Å². The molecule has 0 aromatic carbocycles. The van der Waals surface area contributed by atoms with Crippen LogP contribution in [0, 0.1) is 5.92 Å². The number of likely N-dealkylation sites (tertiary alicyclic amines) is 1. The summed E-state index contributed by atoms with van der Waals surface area (Å²) in [6, 6.07) is 0.568. The van der Waals surface area contributed by atoms with Crippen molar-refractivity contribution in [3.63, 3.8) is 0 Å². The number of ether oxygens (including phenoxy) is 1. The molecule has 1 atom stereocenters. The maximum Gasteiger partial charge on any atom is 0.0619 e. The Morgan fingerprint density at radius 2 is 2.06 bits per heavy atom. The van der Waals surface area contributed by atoms with E-state index in [1.54, 1.807) is 0 Å². The number of hydrogen-bond donors (Lipinski definition) is 2.